The van der Waals surface area contributed by atoms with Gasteiger partial charge in [-0.05, 0) is 25.1 Å². The lowest BCUT2D eigenvalue weighted by Crippen LogP contribution is -2.63. The monoisotopic (exact) mass is 440 g/mol. The van der Waals surface area contributed by atoms with Crippen LogP contribution in [0.2, 0.25) is 5.02 Å². The third kappa shape index (κ3) is 3.62. The number of aliphatic hydroxyl groups is 2. The number of aromatic nitrogens is 4. The van der Waals surface area contributed by atoms with Gasteiger partial charge in [0.25, 0.3) is 0 Å². The van der Waals surface area contributed by atoms with Gasteiger partial charge in [0, 0.05) is 48.0 Å². The van der Waals surface area contributed by atoms with Gasteiger partial charge in [0.1, 0.15) is 11.5 Å². The molecule has 166 valence electrons. The molecule has 1 fully saturated rings. The Morgan fingerprint density at radius 1 is 1.50 bits per heavy atom. The molecule has 0 amide bonds. The third-order valence-corrected chi connectivity index (χ3v) is 6.21. The molecule has 0 radical (unpaired) electrons. The molecule has 0 aliphatic carbocycles. The Labute approximate surface area is 182 Å². The van der Waals surface area contributed by atoms with Crippen molar-refractivity contribution in [3.63, 3.8) is 0 Å². The van der Waals surface area contributed by atoms with Gasteiger partial charge in [0.2, 0.25) is 0 Å². The number of hydrogen-bond donors (Lipinski definition) is 4. The summed E-state index contributed by atoms with van der Waals surface area (Å²) in [5.74, 6) is -0.463. The summed E-state index contributed by atoms with van der Waals surface area (Å²) in [6, 6.07) is 4.47. The summed E-state index contributed by atoms with van der Waals surface area (Å²) in [7, 11) is 0. The summed E-state index contributed by atoms with van der Waals surface area (Å²) in [4.78, 5) is 10.6. The molecule has 4 rings (SSSR count). The number of aromatic amines is 1. The van der Waals surface area contributed by atoms with Crippen LogP contribution >= 0.6 is 11.6 Å². The smallest absolute Gasteiger partial charge is 0.181 e. The fourth-order valence-corrected chi connectivity index (χ4v) is 4.00. The summed E-state index contributed by atoms with van der Waals surface area (Å²) in [6.45, 7) is 4.93. The molecule has 0 spiro atoms. The molecule has 1 aliphatic heterocycles. The van der Waals surface area contributed by atoms with E-state index in [1.165, 1.54) is 6.07 Å². The number of halogens is 2. The zero-order chi connectivity index (χ0) is 21.5. The summed E-state index contributed by atoms with van der Waals surface area (Å²) in [6.07, 6.45) is 1.62. The highest BCUT2D eigenvalue weighted by Gasteiger charge is 2.40. The predicted octanol–water partition coefficient (Wildman–Crippen LogP) is 2.71. The molecule has 10 heteroatoms. The average Bonchev–Trinajstić information content (AvgIpc) is 3.17. The van der Waals surface area contributed by atoms with Crippen LogP contribution < -0.4 is 10.2 Å². The summed E-state index contributed by atoms with van der Waals surface area (Å²) in [5.41, 5.74) is -0.133. The van der Waals surface area contributed by atoms with Crippen LogP contribution in [-0.2, 0) is 0 Å². The molecule has 8 nitrogen and oxygen atoms in total. The maximum atomic E-state index is 14.8. The molecule has 0 saturated carbocycles. The van der Waals surface area contributed by atoms with Crippen molar-refractivity contribution in [1.82, 2.24) is 25.5 Å². The molecular weight excluding hydrogens is 411 g/mol. The van der Waals surface area contributed by atoms with E-state index in [-0.39, 0.29) is 33.6 Å². The van der Waals surface area contributed by atoms with E-state index < -0.39 is 11.4 Å². The predicted molar refractivity (Wildman–Crippen MR) is 119 cm³/mol. The SMILES string of the molecule is CC(CO)[C@@](C)(O)[C@@H]1CN(c2nc(-c3[nH]nc4ncccc34)c(F)cc2Cl)CCN1.[HH].[HH].[HH]. The highest BCUT2D eigenvalue weighted by Crippen LogP contribution is 2.34. The van der Waals surface area contributed by atoms with Crippen molar-refractivity contribution >= 4 is 28.5 Å². The number of H-pyrrole nitrogens is 1. The van der Waals surface area contributed by atoms with E-state index >= 15 is 0 Å². The molecule has 3 atom stereocenters. The van der Waals surface area contributed by atoms with Crippen molar-refractivity contribution in [2.24, 2.45) is 5.92 Å². The van der Waals surface area contributed by atoms with Crippen LogP contribution in [0.5, 0.6) is 0 Å². The van der Waals surface area contributed by atoms with Crippen molar-refractivity contribution in [2.75, 3.05) is 31.1 Å². The second kappa shape index (κ2) is 8.07. The fraction of sp³-hybridized carbons (Fsp3) is 0.450. The van der Waals surface area contributed by atoms with E-state index in [4.69, 9.17) is 11.6 Å². The van der Waals surface area contributed by atoms with Gasteiger partial charge in [0.05, 0.1) is 22.4 Å². The molecule has 1 aliphatic rings. The lowest BCUT2D eigenvalue weighted by molar-refractivity contribution is -0.0468. The number of piperazine rings is 1. The quantitative estimate of drug-likeness (QED) is 0.482. The molecule has 4 heterocycles. The van der Waals surface area contributed by atoms with Crippen LogP contribution in [-0.4, -0.2) is 68.3 Å². The summed E-state index contributed by atoms with van der Waals surface area (Å²) < 4.78 is 14.8. The maximum Gasteiger partial charge on any atom is 0.181 e. The van der Waals surface area contributed by atoms with Gasteiger partial charge < -0.3 is 20.4 Å². The second-order valence-corrected chi connectivity index (χ2v) is 8.27. The van der Waals surface area contributed by atoms with Crippen LogP contribution in [0.4, 0.5) is 10.2 Å². The Kier molecular flexibility index (Phi) is 5.63. The van der Waals surface area contributed by atoms with Crippen molar-refractivity contribution < 1.29 is 18.9 Å². The Morgan fingerprint density at radius 3 is 3.07 bits per heavy atom. The van der Waals surface area contributed by atoms with Crippen molar-refractivity contribution in [1.29, 1.82) is 0 Å². The Morgan fingerprint density at radius 2 is 2.30 bits per heavy atom. The minimum atomic E-state index is -1.14. The number of pyridine rings is 2. The molecule has 0 bridgehead atoms. The van der Waals surface area contributed by atoms with Crippen LogP contribution in [0.3, 0.4) is 0 Å². The first-order valence-corrected chi connectivity index (χ1v) is 10.2. The number of nitrogens with one attached hydrogen (secondary N) is 2. The van der Waals surface area contributed by atoms with E-state index in [1.54, 1.807) is 32.2 Å². The average molecular weight is 441 g/mol. The van der Waals surface area contributed by atoms with Gasteiger partial charge in [0.15, 0.2) is 11.5 Å². The third-order valence-electron chi connectivity index (χ3n) is 5.93. The van der Waals surface area contributed by atoms with Crippen molar-refractivity contribution in [2.45, 2.75) is 25.5 Å². The first kappa shape index (κ1) is 20.9. The summed E-state index contributed by atoms with van der Waals surface area (Å²) in [5, 5.41) is 31.5. The first-order valence-electron chi connectivity index (χ1n) is 9.80. The Balaban J connectivity index is 0.00000181. The zero-order valence-corrected chi connectivity index (χ0v) is 17.5. The second-order valence-electron chi connectivity index (χ2n) is 7.86. The number of fused-ring (bicyclic) bond motifs is 1. The van der Waals surface area contributed by atoms with E-state index in [0.717, 1.165) is 0 Å². The van der Waals surface area contributed by atoms with Gasteiger partial charge in [-0.15, -0.1) is 0 Å². The van der Waals surface area contributed by atoms with Gasteiger partial charge in [-0.1, -0.05) is 18.5 Å². The largest absolute Gasteiger partial charge is 0.396 e. The molecule has 4 N–H and O–H groups in total. The highest BCUT2D eigenvalue weighted by atomic mass is 35.5. The number of rotatable bonds is 5. The van der Waals surface area contributed by atoms with Gasteiger partial charge in [-0.3, -0.25) is 5.10 Å². The van der Waals surface area contributed by atoms with Crippen LogP contribution in [0.25, 0.3) is 22.4 Å². The molecule has 1 unspecified atom stereocenters. The van der Waals surface area contributed by atoms with Crippen molar-refractivity contribution in [3.05, 3.63) is 35.2 Å². The van der Waals surface area contributed by atoms with Gasteiger partial charge in [-0.2, -0.15) is 5.10 Å². The topological polar surface area (TPSA) is 110 Å². The molecule has 30 heavy (non-hydrogen) atoms. The normalized spacial score (nSPS) is 20.3. The van der Waals surface area contributed by atoms with Crippen LogP contribution in [0.1, 0.15) is 18.1 Å². The van der Waals surface area contributed by atoms with Gasteiger partial charge in [-0.25, -0.2) is 14.4 Å². The lowest BCUT2D eigenvalue weighted by atomic mass is 9.83. The highest BCUT2D eigenvalue weighted by molar-refractivity contribution is 6.33. The molecule has 0 aromatic carbocycles. The molecular formula is C20H30ClFN6O2. The first-order chi connectivity index (χ1) is 14.3. The zero-order valence-electron chi connectivity index (χ0n) is 16.7. The maximum absolute atomic E-state index is 14.8. The Hall–Kier alpha value is -2.33. The van der Waals surface area contributed by atoms with Gasteiger partial charge >= 0.3 is 0 Å². The number of nitrogens with zero attached hydrogens (tertiary/aromatic N) is 4. The van der Waals surface area contributed by atoms with Crippen molar-refractivity contribution in [3.8, 4) is 11.4 Å². The minimum absolute atomic E-state index is 0. The van der Waals surface area contributed by atoms with Crippen LogP contribution in [0.15, 0.2) is 24.4 Å². The lowest BCUT2D eigenvalue weighted by Gasteiger charge is -2.44. The molecule has 3 aromatic heterocycles. The van der Waals surface area contributed by atoms with E-state index in [1.807, 2.05) is 4.90 Å². The number of aliphatic hydroxyl groups excluding tert-OH is 1. The van der Waals surface area contributed by atoms with E-state index in [0.29, 0.717) is 42.2 Å². The molecule has 1 saturated heterocycles. The molecule has 3 aromatic rings. The van der Waals surface area contributed by atoms with E-state index in [2.05, 4.69) is 25.5 Å². The minimum Gasteiger partial charge on any atom is -0.396 e. The number of hydrogen-bond acceptors (Lipinski definition) is 7. The number of anilines is 1. The van der Waals surface area contributed by atoms with Crippen LogP contribution in [0, 0.1) is 11.7 Å². The van der Waals surface area contributed by atoms with E-state index in [9.17, 15) is 14.6 Å². The fourth-order valence-electron chi connectivity index (χ4n) is 3.75. The standard InChI is InChI=1S/C20H24ClFN6O2.3H2/c1-11(10-29)20(2,30)15-9-28(7-6-23-15)19-13(21)8-14(22)17(25-19)16-12-4-3-5-24-18(12)27-26-16;;;/h3-5,8,11,15,23,29-30H,6-7,9-10H2,1-2H3,(H,24,26,27);3*1H/t11?,15-,20+;;;/m0.../s1. The Bertz CT molecular complexity index is 1070. The summed E-state index contributed by atoms with van der Waals surface area (Å²) >= 11 is 6.36.